The molecule has 0 saturated carbocycles. The maximum Gasteiger partial charge on any atom is 0.239 e. The first kappa shape index (κ1) is 14.7. The second-order valence-electron chi connectivity index (χ2n) is 4.27. The molecular formula is C12H18N2O3S. The summed E-state index contributed by atoms with van der Waals surface area (Å²) in [4.78, 5) is 11.6. The van der Waals surface area contributed by atoms with Crippen LogP contribution in [0.4, 0.5) is 5.69 Å². The number of amides is 1. The monoisotopic (exact) mass is 270 g/mol. The highest BCUT2D eigenvalue weighted by Gasteiger charge is 2.23. The smallest absolute Gasteiger partial charge is 0.239 e. The van der Waals surface area contributed by atoms with E-state index in [4.69, 9.17) is 5.73 Å². The Labute approximate surface area is 107 Å². The lowest BCUT2D eigenvalue weighted by atomic mass is 10.2. The number of rotatable bonds is 5. The Balaban J connectivity index is 2.68. The third-order valence-electron chi connectivity index (χ3n) is 2.58. The van der Waals surface area contributed by atoms with Crippen LogP contribution in [-0.4, -0.2) is 31.9 Å². The normalized spacial score (nSPS) is 13.1. The van der Waals surface area contributed by atoms with Crippen molar-refractivity contribution in [1.29, 1.82) is 0 Å². The highest BCUT2D eigenvalue weighted by Crippen LogP contribution is 2.10. The summed E-state index contributed by atoms with van der Waals surface area (Å²) in [7, 11) is -3.48. The predicted molar refractivity (Wildman–Crippen MR) is 72.1 cm³/mol. The van der Waals surface area contributed by atoms with Crippen LogP contribution in [0.25, 0.3) is 0 Å². The Hall–Kier alpha value is -1.40. The number of nitrogens with two attached hydrogens (primary N) is 1. The van der Waals surface area contributed by atoms with Crippen molar-refractivity contribution in [3.05, 3.63) is 29.8 Å². The van der Waals surface area contributed by atoms with Crippen LogP contribution in [0, 0.1) is 6.92 Å². The number of benzene rings is 1. The first-order valence-corrected chi connectivity index (χ1v) is 7.35. The molecule has 100 valence electrons. The summed E-state index contributed by atoms with van der Waals surface area (Å²) in [6.45, 7) is 3.40. The third kappa shape index (κ3) is 4.12. The van der Waals surface area contributed by atoms with Crippen LogP contribution in [0.1, 0.15) is 12.5 Å². The van der Waals surface area contributed by atoms with E-state index in [1.54, 1.807) is 18.2 Å². The zero-order valence-corrected chi connectivity index (χ0v) is 11.3. The van der Waals surface area contributed by atoms with E-state index in [0.29, 0.717) is 5.69 Å². The van der Waals surface area contributed by atoms with E-state index in [0.717, 1.165) is 5.56 Å². The molecule has 1 amide bonds. The topological polar surface area (TPSA) is 89.3 Å². The van der Waals surface area contributed by atoms with E-state index in [1.165, 1.54) is 6.92 Å². The van der Waals surface area contributed by atoms with Crippen molar-refractivity contribution in [2.24, 2.45) is 5.73 Å². The van der Waals surface area contributed by atoms with Gasteiger partial charge >= 0.3 is 0 Å². The van der Waals surface area contributed by atoms with Gasteiger partial charge in [0.2, 0.25) is 5.91 Å². The predicted octanol–water partition coefficient (Wildman–Crippen LogP) is 0.696. The van der Waals surface area contributed by atoms with Gasteiger partial charge in [0.1, 0.15) is 5.75 Å². The maximum atomic E-state index is 11.7. The second-order valence-corrected chi connectivity index (χ2v) is 6.69. The highest BCUT2D eigenvalue weighted by molar-refractivity contribution is 7.92. The molecule has 1 aromatic carbocycles. The molecule has 0 saturated heterocycles. The van der Waals surface area contributed by atoms with Crippen LogP contribution < -0.4 is 11.1 Å². The van der Waals surface area contributed by atoms with E-state index in [2.05, 4.69) is 5.32 Å². The Kier molecular flexibility index (Phi) is 4.86. The molecule has 6 heteroatoms. The van der Waals surface area contributed by atoms with Gasteiger partial charge in [0.15, 0.2) is 9.84 Å². The molecule has 1 aromatic rings. The van der Waals surface area contributed by atoms with Crippen molar-refractivity contribution in [2.75, 3.05) is 17.6 Å². The first-order chi connectivity index (χ1) is 8.35. The summed E-state index contributed by atoms with van der Waals surface area (Å²) in [5.41, 5.74) is 6.88. The molecule has 0 spiro atoms. The van der Waals surface area contributed by atoms with Crippen LogP contribution in [0.3, 0.4) is 0 Å². The molecule has 1 atom stereocenters. The number of aryl methyl sites for hydroxylation is 1. The number of sulfone groups is 1. The van der Waals surface area contributed by atoms with E-state index < -0.39 is 26.7 Å². The number of carbonyl (C=O) groups excluding carboxylic acids is 1. The van der Waals surface area contributed by atoms with Crippen LogP contribution >= 0.6 is 0 Å². The van der Waals surface area contributed by atoms with Gasteiger partial charge in [-0.05, 0) is 31.5 Å². The Bertz CT molecular complexity index is 526. The van der Waals surface area contributed by atoms with E-state index in [-0.39, 0.29) is 6.54 Å². The summed E-state index contributed by atoms with van der Waals surface area (Å²) in [5, 5.41) is 1.85. The Morgan fingerprint density at radius 2 is 2.11 bits per heavy atom. The van der Waals surface area contributed by atoms with Crippen LogP contribution in [-0.2, 0) is 14.6 Å². The molecule has 0 aliphatic rings. The molecule has 5 nitrogen and oxygen atoms in total. The minimum Gasteiger partial charge on any atom is -0.329 e. The zero-order valence-electron chi connectivity index (χ0n) is 10.5. The number of hydrogen-bond donors (Lipinski definition) is 2. The van der Waals surface area contributed by atoms with Gasteiger partial charge in [0.05, 0.1) is 5.25 Å². The van der Waals surface area contributed by atoms with Crippen molar-refractivity contribution in [3.8, 4) is 0 Å². The fraction of sp³-hybridized carbons (Fsp3) is 0.417. The quantitative estimate of drug-likeness (QED) is 0.824. The van der Waals surface area contributed by atoms with Gasteiger partial charge in [-0.1, -0.05) is 12.1 Å². The van der Waals surface area contributed by atoms with Crippen molar-refractivity contribution in [3.63, 3.8) is 0 Å². The molecule has 0 aliphatic heterocycles. The first-order valence-electron chi connectivity index (χ1n) is 5.63. The number of carbonyl (C=O) groups is 1. The average Bonchev–Trinajstić information content (AvgIpc) is 2.26. The van der Waals surface area contributed by atoms with E-state index >= 15 is 0 Å². The SMILES string of the molecule is Cc1cccc(NC(=O)CS(=O)(=O)C(C)CN)c1. The van der Waals surface area contributed by atoms with Crippen LogP contribution in [0.2, 0.25) is 0 Å². The lowest BCUT2D eigenvalue weighted by Gasteiger charge is -2.10. The van der Waals surface area contributed by atoms with Crippen molar-refractivity contribution in [1.82, 2.24) is 0 Å². The Morgan fingerprint density at radius 3 is 2.67 bits per heavy atom. The van der Waals surface area contributed by atoms with Gasteiger partial charge in [0.25, 0.3) is 0 Å². The molecule has 0 heterocycles. The van der Waals surface area contributed by atoms with Gasteiger partial charge < -0.3 is 11.1 Å². The largest absolute Gasteiger partial charge is 0.329 e. The number of nitrogens with one attached hydrogen (secondary N) is 1. The van der Waals surface area contributed by atoms with E-state index in [9.17, 15) is 13.2 Å². The zero-order chi connectivity index (χ0) is 13.8. The minimum absolute atomic E-state index is 0.0139. The molecule has 3 N–H and O–H groups in total. The standard InChI is InChI=1S/C12H18N2O3S/c1-9-4-3-5-11(6-9)14-12(15)8-18(16,17)10(2)7-13/h3-6,10H,7-8,13H2,1-2H3,(H,14,15). The lowest BCUT2D eigenvalue weighted by molar-refractivity contribution is -0.113. The highest BCUT2D eigenvalue weighted by atomic mass is 32.2. The summed E-state index contributed by atoms with van der Waals surface area (Å²) in [5.74, 6) is -1.08. The molecule has 0 fully saturated rings. The fourth-order valence-corrected chi connectivity index (χ4v) is 2.41. The molecule has 0 aromatic heterocycles. The molecule has 1 rings (SSSR count). The number of hydrogen-bond acceptors (Lipinski definition) is 4. The molecule has 1 unspecified atom stereocenters. The van der Waals surface area contributed by atoms with Gasteiger partial charge in [0, 0.05) is 12.2 Å². The van der Waals surface area contributed by atoms with Crippen LogP contribution in [0.5, 0.6) is 0 Å². The second kappa shape index (κ2) is 5.97. The minimum atomic E-state index is -3.48. The third-order valence-corrected chi connectivity index (χ3v) is 4.66. The Morgan fingerprint density at radius 1 is 1.44 bits per heavy atom. The average molecular weight is 270 g/mol. The lowest BCUT2D eigenvalue weighted by Crippen LogP contribution is -2.33. The van der Waals surface area contributed by atoms with Crippen molar-refractivity contribution >= 4 is 21.4 Å². The summed E-state index contributed by atoms with van der Waals surface area (Å²) in [6, 6.07) is 7.17. The van der Waals surface area contributed by atoms with Gasteiger partial charge in [-0.15, -0.1) is 0 Å². The molecule has 18 heavy (non-hydrogen) atoms. The van der Waals surface area contributed by atoms with Crippen molar-refractivity contribution < 1.29 is 13.2 Å². The molecule has 0 radical (unpaired) electrons. The maximum absolute atomic E-state index is 11.7. The van der Waals surface area contributed by atoms with Gasteiger partial charge in [-0.25, -0.2) is 8.42 Å². The summed E-state index contributed by atoms with van der Waals surface area (Å²) < 4.78 is 23.4. The summed E-state index contributed by atoms with van der Waals surface area (Å²) in [6.07, 6.45) is 0. The fourth-order valence-electron chi connectivity index (χ4n) is 1.39. The van der Waals surface area contributed by atoms with E-state index in [1.807, 2.05) is 13.0 Å². The molecular weight excluding hydrogens is 252 g/mol. The van der Waals surface area contributed by atoms with Gasteiger partial charge in [-0.3, -0.25) is 4.79 Å². The summed E-state index contributed by atoms with van der Waals surface area (Å²) >= 11 is 0. The van der Waals surface area contributed by atoms with Gasteiger partial charge in [-0.2, -0.15) is 0 Å². The van der Waals surface area contributed by atoms with Crippen LogP contribution in [0.15, 0.2) is 24.3 Å². The van der Waals surface area contributed by atoms with Crippen molar-refractivity contribution in [2.45, 2.75) is 19.1 Å². The number of anilines is 1. The molecule has 0 aliphatic carbocycles. The molecule has 0 bridgehead atoms.